The van der Waals surface area contributed by atoms with Crippen molar-refractivity contribution in [3.05, 3.63) is 24.0 Å². The molecular weight excluding hydrogens is 286 g/mol. The number of pyridine rings is 1. The molecule has 6 nitrogen and oxygen atoms in total. The summed E-state index contributed by atoms with van der Waals surface area (Å²) in [5, 5.41) is 0. The summed E-state index contributed by atoms with van der Waals surface area (Å²) < 4.78 is 31.3. The topological polar surface area (TPSA) is 85.5 Å². The van der Waals surface area contributed by atoms with Crippen molar-refractivity contribution in [1.29, 1.82) is 0 Å². The number of hydrogen-bond donors (Lipinski definition) is 1. The number of ether oxygens (including phenoxy) is 1. The zero-order valence-corrected chi connectivity index (χ0v) is 12.1. The van der Waals surface area contributed by atoms with Crippen LogP contribution in [0.4, 0.5) is 0 Å². The summed E-state index contributed by atoms with van der Waals surface area (Å²) in [5.74, 6) is 0. The summed E-state index contributed by atoms with van der Waals surface area (Å²) in [5.41, 5.74) is 5.83. The molecule has 0 aromatic carbocycles. The molecule has 2 rings (SSSR count). The van der Waals surface area contributed by atoms with Crippen molar-refractivity contribution in [2.24, 2.45) is 5.73 Å². The number of rotatable bonds is 4. The molecule has 1 aromatic heterocycles. The molecule has 1 saturated heterocycles. The molecule has 1 aromatic rings. The third-order valence-corrected chi connectivity index (χ3v) is 5.13. The Kier molecular flexibility index (Phi) is 4.14. The van der Waals surface area contributed by atoms with Crippen molar-refractivity contribution in [3.63, 3.8) is 0 Å². The fraction of sp³-hybridized carbons (Fsp3) is 0.455. The number of nitrogens with zero attached hydrogens (tertiary/aromatic N) is 2. The van der Waals surface area contributed by atoms with Crippen LogP contribution in [-0.2, 0) is 14.8 Å². The van der Waals surface area contributed by atoms with Gasteiger partial charge in [-0.3, -0.25) is 4.98 Å². The lowest BCUT2D eigenvalue weighted by atomic mass is 10.3. The van der Waals surface area contributed by atoms with Gasteiger partial charge in [0, 0.05) is 26.4 Å². The van der Waals surface area contributed by atoms with E-state index in [2.05, 4.69) is 4.98 Å². The molecule has 8 heteroatoms. The van der Waals surface area contributed by atoms with Gasteiger partial charge >= 0.3 is 0 Å². The molecule has 0 radical (unpaired) electrons. The Hall–Kier alpha value is -1.09. The predicted octanol–water partition coefficient (Wildman–Crippen LogP) is 0.125. The monoisotopic (exact) mass is 301 g/mol. The molecule has 104 valence electrons. The minimum atomic E-state index is -3.52. The number of nitrogens with two attached hydrogens (primary N) is 1. The highest BCUT2D eigenvalue weighted by atomic mass is 32.2. The first-order chi connectivity index (χ1) is 8.95. The van der Waals surface area contributed by atoms with Crippen LogP contribution in [0.1, 0.15) is 12.1 Å². The van der Waals surface area contributed by atoms with Crippen LogP contribution >= 0.6 is 12.2 Å². The smallest absolute Gasteiger partial charge is 0.244 e. The molecule has 0 saturated carbocycles. The van der Waals surface area contributed by atoms with E-state index in [1.165, 1.54) is 22.6 Å². The fourth-order valence-electron chi connectivity index (χ4n) is 1.94. The second-order valence-corrected chi connectivity index (χ2v) is 6.63. The van der Waals surface area contributed by atoms with Gasteiger partial charge in [-0.05, 0) is 18.6 Å². The van der Waals surface area contributed by atoms with Gasteiger partial charge < -0.3 is 10.5 Å². The molecule has 1 fully saturated rings. The van der Waals surface area contributed by atoms with Gasteiger partial charge in [-0.1, -0.05) is 12.2 Å². The fourth-order valence-corrected chi connectivity index (χ4v) is 3.49. The van der Waals surface area contributed by atoms with E-state index >= 15 is 0 Å². The zero-order valence-electron chi connectivity index (χ0n) is 10.4. The van der Waals surface area contributed by atoms with Gasteiger partial charge in [-0.15, -0.1) is 0 Å². The molecule has 19 heavy (non-hydrogen) atoms. The first-order valence-electron chi connectivity index (χ1n) is 5.74. The zero-order chi connectivity index (χ0) is 14.0. The number of thiocarbonyl (C=S) groups is 1. The average Bonchev–Trinajstić information content (AvgIpc) is 2.88. The largest absolute Gasteiger partial charge is 0.388 e. The highest BCUT2D eigenvalue weighted by molar-refractivity contribution is 7.89. The van der Waals surface area contributed by atoms with E-state index in [4.69, 9.17) is 22.7 Å². The first kappa shape index (κ1) is 14.3. The van der Waals surface area contributed by atoms with E-state index in [0.717, 1.165) is 0 Å². The number of aromatic nitrogens is 1. The highest BCUT2D eigenvalue weighted by Crippen LogP contribution is 2.21. The molecule has 0 aliphatic carbocycles. The lowest BCUT2D eigenvalue weighted by molar-refractivity contribution is 0.115. The number of hydrogen-bond acceptors (Lipinski definition) is 5. The molecular formula is C11H15N3O3S2. The van der Waals surface area contributed by atoms with Gasteiger partial charge in [0.25, 0.3) is 0 Å². The van der Waals surface area contributed by atoms with Gasteiger partial charge in [0.1, 0.15) is 9.88 Å². The van der Waals surface area contributed by atoms with Crippen molar-refractivity contribution in [2.75, 3.05) is 20.2 Å². The van der Waals surface area contributed by atoms with Gasteiger partial charge in [0.2, 0.25) is 10.0 Å². The third kappa shape index (κ3) is 2.92. The maximum Gasteiger partial charge on any atom is 0.244 e. The predicted molar refractivity (Wildman–Crippen MR) is 74.3 cm³/mol. The maximum absolute atomic E-state index is 12.3. The van der Waals surface area contributed by atoms with Gasteiger partial charge in [0.05, 0.1) is 11.8 Å². The molecule has 1 atom stereocenters. The summed E-state index contributed by atoms with van der Waals surface area (Å²) in [6.45, 7) is 0.827. The second kappa shape index (κ2) is 5.49. The normalized spacial score (nSPS) is 20.6. The molecule has 0 spiro atoms. The van der Waals surface area contributed by atoms with Gasteiger partial charge in [0.15, 0.2) is 0 Å². The number of methoxy groups -OCH3 is 1. The summed E-state index contributed by atoms with van der Waals surface area (Å²) in [4.78, 5) is 4.24. The minimum absolute atomic E-state index is 0.0429. The van der Waals surface area contributed by atoms with E-state index in [1.807, 2.05) is 0 Å². The SMILES string of the molecule is COC1CCN(S(=O)(=O)c2ccc(C(N)=S)nc2)C1. The molecule has 2 heterocycles. The van der Waals surface area contributed by atoms with E-state index < -0.39 is 10.0 Å². The van der Waals surface area contributed by atoms with Crippen LogP contribution in [0.25, 0.3) is 0 Å². The quantitative estimate of drug-likeness (QED) is 0.795. The van der Waals surface area contributed by atoms with Crippen LogP contribution in [0.3, 0.4) is 0 Å². The Morgan fingerprint density at radius 1 is 1.58 bits per heavy atom. The maximum atomic E-state index is 12.3. The second-order valence-electron chi connectivity index (χ2n) is 4.25. The Labute approximate surface area is 117 Å². The van der Waals surface area contributed by atoms with Crippen LogP contribution in [0.2, 0.25) is 0 Å². The third-order valence-electron chi connectivity index (χ3n) is 3.07. The highest BCUT2D eigenvalue weighted by Gasteiger charge is 2.32. The Morgan fingerprint density at radius 3 is 2.79 bits per heavy atom. The summed E-state index contributed by atoms with van der Waals surface area (Å²) in [6, 6.07) is 2.98. The van der Waals surface area contributed by atoms with E-state index in [-0.39, 0.29) is 16.0 Å². The first-order valence-corrected chi connectivity index (χ1v) is 7.59. The molecule has 0 bridgehead atoms. The van der Waals surface area contributed by atoms with Crippen LogP contribution in [0, 0.1) is 0 Å². The Bertz CT molecular complexity index is 571. The summed E-state index contributed by atoms with van der Waals surface area (Å²) >= 11 is 4.78. The van der Waals surface area contributed by atoms with E-state index in [1.54, 1.807) is 7.11 Å². The van der Waals surface area contributed by atoms with Crippen LogP contribution in [0.5, 0.6) is 0 Å². The molecule has 0 amide bonds. The lowest BCUT2D eigenvalue weighted by Crippen LogP contribution is -2.30. The van der Waals surface area contributed by atoms with Crippen LogP contribution in [0.15, 0.2) is 23.2 Å². The van der Waals surface area contributed by atoms with Crippen molar-refractivity contribution in [1.82, 2.24) is 9.29 Å². The van der Waals surface area contributed by atoms with Crippen LogP contribution < -0.4 is 5.73 Å². The standard InChI is InChI=1S/C11H15N3O3S2/c1-17-8-4-5-14(7-8)19(15,16)9-2-3-10(11(12)18)13-6-9/h2-3,6,8H,4-5,7H2,1H3,(H2,12,18). The molecule has 1 aliphatic heterocycles. The Morgan fingerprint density at radius 2 is 2.32 bits per heavy atom. The minimum Gasteiger partial charge on any atom is -0.388 e. The van der Waals surface area contributed by atoms with Gasteiger partial charge in [-0.25, -0.2) is 8.42 Å². The number of sulfonamides is 1. The van der Waals surface area contributed by atoms with Crippen molar-refractivity contribution in [3.8, 4) is 0 Å². The molecule has 1 aliphatic rings. The molecule has 2 N–H and O–H groups in total. The van der Waals surface area contributed by atoms with Crippen LogP contribution in [-0.4, -0.2) is 49.0 Å². The van der Waals surface area contributed by atoms with E-state index in [9.17, 15) is 8.42 Å². The van der Waals surface area contributed by atoms with Crippen molar-refractivity contribution >= 4 is 27.2 Å². The molecule has 1 unspecified atom stereocenters. The Balaban J connectivity index is 2.22. The van der Waals surface area contributed by atoms with Gasteiger partial charge in [-0.2, -0.15) is 4.31 Å². The summed E-state index contributed by atoms with van der Waals surface area (Å²) in [7, 11) is -1.93. The lowest BCUT2D eigenvalue weighted by Gasteiger charge is -2.16. The van der Waals surface area contributed by atoms with E-state index in [0.29, 0.717) is 25.2 Å². The van der Waals surface area contributed by atoms with Crippen molar-refractivity contribution < 1.29 is 13.2 Å². The van der Waals surface area contributed by atoms with Crippen molar-refractivity contribution in [2.45, 2.75) is 17.4 Å². The summed E-state index contributed by atoms with van der Waals surface area (Å²) in [6.07, 6.45) is 1.94. The average molecular weight is 301 g/mol.